The van der Waals surface area contributed by atoms with E-state index in [4.69, 9.17) is 0 Å². The summed E-state index contributed by atoms with van der Waals surface area (Å²) in [4.78, 5) is 8.85. The zero-order valence-electron chi connectivity index (χ0n) is 13.1. The van der Waals surface area contributed by atoms with Crippen molar-refractivity contribution in [3.05, 3.63) is 36.5 Å². The lowest BCUT2D eigenvalue weighted by Gasteiger charge is -2.34. The lowest BCUT2D eigenvalue weighted by Crippen LogP contribution is -2.33. The van der Waals surface area contributed by atoms with Crippen molar-refractivity contribution in [2.45, 2.75) is 46.1 Å². The first kappa shape index (κ1) is 14.1. The quantitative estimate of drug-likeness (QED) is 0.932. The van der Waals surface area contributed by atoms with Gasteiger partial charge in [-0.2, -0.15) is 0 Å². The van der Waals surface area contributed by atoms with E-state index >= 15 is 0 Å². The largest absolute Gasteiger partial charge is 0.379 e. The second-order valence-electron chi connectivity index (χ2n) is 6.37. The van der Waals surface area contributed by atoms with Gasteiger partial charge in [0.1, 0.15) is 5.82 Å². The number of nitrogens with one attached hydrogen (secondary N) is 1. The van der Waals surface area contributed by atoms with Gasteiger partial charge in [-0.05, 0) is 50.2 Å². The van der Waals surface area contributed by atoms with E-state index in [-0.39, 0.29) is 0 Å². The average Bonchev–Trinajstić information content (AvgIpc) is 2.89. The lowest BCUT2D eigenvalue weighted by molar-refractivity contribution is 0.276. The van der Waals surface area contributed by atoms with Crippen LogP contribution in [-0.4, -0.2) is 20.6 Å². The third-order valence-electron chi connectivity index (χ3n) is 4.61. The van der Waals surface area contributed by atoms with Crippen LogP contribution < -0.4 is 5.32 Å². The molecule has 3 rings (SSSR count). The zero-order chi connectivity index (χ0) is 14.8. The summed E-state index contributed by atoms with van der Waals surface area (Å²) in [6.45, 7) is 6.71. The highest BCUT2D eigenvalue weighted by Crippen LogP contribution is 2.31. The molecule has 3 atom stereocenters. The topological polar surface area (TPSA) is 42.7 Å². The molecule has 0 aromatic carbocycles. The Balaban J connectivity index is 1.85. The van der Waals surface area contributed by atoms with Crippen LogP contribution in [0.1, 0.15) is 38.9 Å². The van der Waals surface area contributed by atoms with Gasteiger partial charge in [0.15, 0.2) is 5.82 Å². The summed E-state index contributed by atoms with van der Waals surface area (Å²) in [7, 11) is 0. The van der Waals surface area contributed by atoms with Gasteiger partial charge in [0.05, 0.1) is 5.69 Å². The molecule has 0 bridgehead atoms. The Morgan fingerprint density at radius 2 is 2.05 bits per heavy atom. The molecule has 112 valence electrons. The van der Waals surface area contributed by atoms with Crippen molar-refractivity contribution in [1.29, 1.82) is 0 Å². The predicted octanol–water partition coefficient (Wildman–Crippen LogP) is 3.81. The first-order chi connectivity index (χ1) is 10.1. The molecule has 0 saturated heterocycles. The molecule has 2 aromatic heterocycles. The molecule has 2 heterocycles. The van der Waals surface area contributed by atoms with Gasteiger partial charge in [-0.3, -0.25) is 4.57 Å². The fraction of sp³-hybridized carbons (Fsp3) is 0.529. The van der Waals surface area contributed by atoms with E-state index in [1.165, 1.54) is 19.3 Å². The van der Waals surface area contributed by atoms with Crippen molar-refractivity contribution in [2.75, 3.05) is 5.32 Å². The van der Waals surface area contributed by atoms with Crippen molar-refractivity contribution in [2.24, 2.45) is 11.8 Å². The summed E-state index contributed by atoms with van der Waals surface area (Å²) < 4.78 is 2.04. The molecule has 0 aliphatic heterocycles. The summed E-state index contributed by atoms with van der Waals surface area (Å²) in [6, 6.07) is 4.65. The van der Waals surface area contributed by atoms with E-state index in [9.17, 15) is 0 Å². The van der Waals surface area contributed by atoms with Crippen LogP contribution in [0.4, 0.5) is 5.69 Å². The number of anilines is 1. The maximum Gasteiger partial charge on any atom is 0.161 e. The molecular weight excluding hydrogens is 260 g/mol. The van der Waals surface area contributed by atoms with E-state index in [0.29, 0.717) is 12.0 Å². The van der Waals surface area contributed by atoms with Crippen LogP contribution in [0.15, 0.2) is 30.7 Å². The van der Waals surface area contributed by atoms with Crippen molar-refractivity contribution in [3.63, 3.8) is 0 Å². The lowest BCUT2D eigenvalue weighted by atomic mass is 9.80. The number of nitrogens with zero attached hydrogens (tertiary/aromatic N) is 3. The van der Waals surface area contributed by atoms with Gasteiger partial charge >= 0.3 is 0 Å². The first-order valence-electron chi connectivity index (χ1n) is 7.87. The van der Waals surface area contributed by atoms with Crippen molar-refractivity contribution in [3.8, 4) is 5.82 Å². The molecule has 4 heteroatoms. The summed E-state index contributed by atoms with van der Waals surface area (Å²) >= 11 is 0. The van der Waals surface area contributed by atoms with E-state index in [0.717, 1.165) is 23.2 Å². The highest BCUT2D eigenvalue weighted by atomic mass is 15.1. The Morgan fingerprint density at radius 1 is 1.19 bits per heavy atom. The minimum atomic E-state index is 0.535. The van der Waals surface area contributed by atoms with Crippen LogP contribution in [0.2, 0.25) is 0 Å². The van der Waals surface area contributed by atoms with Crippen LogP contribution in [0.25, 0.3) is 5.82 Å². The molecule has 0 radical (unpaired) electrons. The molecule has 21 heavy (non-hydrogen) atoms. The van der Waals surface area contributed by atoms with E-state index < -0.39 is 0 Å². The fourth-order valence-electron chi connectivity index (χ4n) is 3.38. The molecule has 1 saturated carbocycles. The third kappa shape index (κ3) is 2.94. The molecule has 4 nitrogen and oxygen atoms in total. The van der Waals surface area contributed by atoms with Crippen molar-refractivity contribution in [1.82, 2.24) is 14.5 Å². The number of pyridine rings is 1. The first-order valence-corrected chi connectivity index (χ1v) is 7.87. The van der Waals surface area contributed by atoms with E-state index in [1.807, 2.05) is 36.1 Å². The number of rotatable bonds is 3. The monoisotopic (exact) mass is 284 g/mol. The Morgan fingerprint density at radius 3 is 2.76 bits per heavy atom. The SMILES string of the molecule is Cc1nccn1-c1ncccc1NC1CCC(C)CC1C. The summed E-state index contributed by atoms with van der Waals surface area (Å²) in [6.07, 6.45) is 9.47. The van der Waals surface area contributed by atoms with Crippen LogP contribution in [0, 0.1) is 18.8 Å². The predicted molar refractivity (Wildman–Crippen MR) is 85.7 cm³/mol. The van der Waals surface area contributed by atoms with Crippen LogP contribution >= 0.6 is 0 Å². The number of imidazole rings is 1. The molecule has 0 spiro atoms. The summed E-state index contributed by atoms with van der Waals surface area (Å²) in [5, 5.41) is 3.72. The van der Waals surface area contributed by atoms with Crippen LogP contribution in [0.3, 0.4) is 0 Å². The van der Waals surface area contributed by atoms with Gasteiger partial charge in [-0.1, -0.05) is 13.8 Å². The highest BCUT2D eigenvalue weighted by Gasteiger charge is 2.26. The van der Waals surface area contributed by atoms with Gasteiger partial charge in [-0.25, -0.2) is 9.97 Å². The fourth-order valence-corrected chi connectivity index (χ4v) is 3.38. The molecule has 1 fully saturated rings. The summed E-state index contributed by atoms with van der Waals surface area (Å²) in [5.74, 6) is 3.45. The van der Waals surface area contributed by atoms with Gasteiger partial charge in [0.2, 0.25) is 0 Å². The van der Waals surface area contributed by atoms with Gasteiger partial charge in [0.25, 0.3) is 0 Å². The standard InChI is InChI=1S/C17H24N4/c1-12-6-7-15(13(2)11-12)20-16-5-4-8-19-17(16)21-10-9-18-14(21)3/h4-5,8-10,12-13,15,20H,6-7,11H2,1-3H3. The van der Waals surface area contributed by atoms with Crippen molar-refractivity contribution < 1.29 is 0 Å². The van der Waals surface area contributed by atoms with Gasteiger partial charge in [0, 0.05) is 24.6 Å². The second-order valence-corrected chi connectivity index (χ2v) is 6.37. The number of aromatic nitrogens is 3. The van der Waals surface area contributed by atoms with E-state index in [1.54, 1.807) is 0 Å². The smallest absolute Gasteiger partial charge is 0.161 e. The zero-order valence-corrected chi connectivity index (χ0v) is 13.1. The average molecular weight is 284 g/mol. The molecule has 0 amide bonds. The highest BCUT2D eigenvalue weighted by molar-refractivity contribution is 5.57. The molecule has 1 aliphatic rings. The van der Waals surface area contributed by atoms with Gasteiger partial charge in [-0.15, -0.1) is 0 Å². The van der Waals surface area contributed by atoms with Crippen LogP contribution in [-0.2, 0) is 0 Å². The Bertz CT molecular complexity index is 604. The van der Waals surface area contributed by atoms with Crippen molar-refractivity contribution >= 4 is 5.69 Å². The van der Waals surface area contributed by atoms with Gasteiger partial charge < -0.3 is 5.32 Å². The van der Waals surface area contributed by atoms with Crippen LogP contribution in [0.5, 0.6) is 0 Å². The molecule has 1 aliphatic carbocycles. The maximum atomic E-state index is 4.55. The molecule has 3 unspecified atom stereocenters. The summed E-state index contributed by atoms with van der Waals surface area (Å²) in [5.41, 5.74) is 1.10. The second kappa shape index (κ2) is 5.88. The molecular formula is C17H24N4. The van der Waals surface area contributed by atoms with E-state index in [2.05, 4.69) is 35.2 Å². The maximum absolute atomic E-state index is 4.55. The Kier molecular flexibility index (Phi) is 3.95. The Labute approximate surface area is 126 Å². The number of hydrogen-bond donors (Lipinski definition) is 1. The normalized spacial score (nSPS) is 25.8. The molecule has 2 aromatic rings. The molecule has 1 N–H and O–H groups in total. The minimum absolute atomic E-state index is 0.535. The number of hydrogen-bond acceptors (Lipinski definition) is 3. The minimum Gasteiger partial charge on any atom is -0.379 e. The number of aryl methyl sites for hydroxylation is 1. The Hall–Kier alpha value is -1.84. The third-order valence-corrected chi connectivity index (χ3v) is 4.61.